The van der Waals surface area contributed by atoms with Gasteiger partial charge in [-0.1, -0.05) is 12.1 Å². The van der Waals surface area contributed by atoms with Gasteiger partial charge in [-0.3, -0.25) is 9.48 Å². The summed E-state index contributed by atoms with van der Waals surface area (Å²) in [7, 11) is 0. The van der Waals surface area contributed by atoms with Crippen LogP contribution in [0.5, 0.6) is 0 Å². The quantitative estimate of drug-likeness (QED) is 0.484. The molecule has 9 nitrogen and oxygen atoms in total. The minimum absolute atomic E-state index is 0.113. The van der Waals surface area contributed by atoms with Gasteiger partial charge in [0, 0.05) is 6.42 Å². The minimum atomic E-state index is -0.564. The fraction of sp³-hybridized carbons (Fsp3) is 0.316. The van der Waals surface area contributed by atoms with Crippen LogP contribution in [0.1, 0.15) is 29.1 Å². The lowest BCUT2D eigenvalue weighted by molar-refractivity contribution is -0.389. The standard InChI is InChI=1S/C19H21FN6O3/c1-12-10-17(26(28)29)23-24(12)9-8-18(27)21-19-13(2)22-25(14(19)3)11-15-4-6-16(20)7-5-15/h4-7,10H,8-9,11H2,1-3H3,(H,21,27). The smallest absolute Gasteiger partial charge is 0.358 e. The SMILES string of the molecule is Cc1nn(Cc2ccc(F)cc2)c(C)c1NC(=O)CCn1nc([N+](=O)[O-])cc1C. The van der Waals surface area contributed by atoms with Crippen molar-refractivity contribution >= 4 is 17.4 Å². The van der Waals surface area contributed by atoms with E-state index in [0.29, 0.717) is 23.6 Å². The summed E-state index contributed by atoms with van der Waals surface area (Å²) >= 11 is 0. The normalized spacial score (nSPS) is 10.9. The number of amides is 1. The van der Waals surface area contributed by atoms with Crippen molar-refractivity contribution in [3.63, 3.8) is 0 Å². The molecule has 10 heteroatoms. The van der Waals surface area contributed by atoms with Crippen LogP contribution in [0, 0.1) is 36.7 Å². The number of aromatic nitrogens is 4. The molecule has 152 valence electrons. The molecule has 0 saturated carbocycles. The summed E-state index contributed by atoms with van der Waals surface area (Å²) in [4.78, 5) is 22.6. The number of nitro groups is 1. The summed E-state index contributed by atoms with van der Waals surface area (Å²) in [5.74, 6) is -0.778. The first-order valence-electron chi connectivity index (χ1n) is 9.01. The van der Waals surface area contributed by atoms with Gasteiger partial charge in [0.1, 0.15) is 5.82 Å². The maximum Gasteiger partial charge on any atom is 0.390 e. The molecule has 0 saturated heterocycles. The average molecular weight is 400 g/mol. The van der Waals surface area contributed by atoms with Crippen LogP contribution in [0.25, 0.3) is 0 Å². The molecule has 2 aromatic heterocycles. The van der Waals surface area contributed by atoms with Crippen molar-refractivity contribution in [3.8, 4) is 0 Å². The Morgan fingerprint density at radius 1 is 1.17 bits per heavy atom. The lowest BCUT2D eigenvalue weighted by atomic mass is 10.2. The molecule has 3 rings (SSSR count). The van der Waals surface area contributed by atoms with Gasteiger partial charge >= 0.3 is 5.82 Å². The molecule has 0 spiro atoms. The zero-order valence-electron chi connectivity index (χ0n) is 16.3. The molecule has 0 unspecified atom stereocenters. The predicted molar refractivity (Wildman–Crippen MR) is 104 cm³/mol. The zero-order valence-corrected chi connectivity index (χ0v) is 16.3. The Bertz CT molecular complexity index is 1050. The second-order valence-electron chi connectivity index (χ2n) is 6.75. The Morgan fingerprint density at radius 3 is 2.48 bits per heavy atom. The molecule has 0 aliphatic heterocycles. The van der Waals surface area contributed by atoms with Crippen molar-refractivity contribution in [3.05, 3.63) is 68.9 Å². The Kier molecular flexibility index (Phi) is 5.71. The number of hydrogen-bond donors (Lipinski definition) is 1. The number of carbonyl (C=O) groups is 1. The largest absolute Gasteiger partial charge is 0.390 e. The monoisotopic (exact) mass is 400 g/mol. The van der Waals surface area contributed by atoms with E-state index >= 15 is 0 Å². The minimum Gasteiger partial charge on any atom is -0.358 e. The molecular formula is C19H21FN6O3. The number of hydrogen-bond acceptors (Lipinski definition) is 5. The van der Waals surface area contributed by atoms with Gasteiger partial charge < -0.3 is 15.4 Å². The number of aryl methyl sites for hydroxylation is 3. The van der Waals surface area contributed by atoms with E-state index in [4.69, 9.17) is 0 Å². The molecule has 3 aromatic rings. The molecule has 0 radical (unpaired) electrons. The number of halogens is 1. The molecule has 0 bridgehead atoms. The molecule has 0 fully saturated rings. The highest BCUT2D eigenvalue weighted by Crippen LogP contribution is 2.21. The second kappa shape index (κ2) is 8.21. The van der Waals surface area contributed by atoms with Crippen LogP contribution in [0.3, 0.4) is 0 Å². The van der Waals surface area contributed by atoms with Crippen LogP contribution >= 0.6 is 0 Å². The van der Waals surface area contributed by atoms with E-state index in [1.54, 1.807) is 30.7 Å². The van der Waals surface area contributed by atoms with Gasteiger partial charge in [0.05, 0.1) is 47.0 Å². The molecular weight excluding hydrogens is 379 g/mol. The van der Waals surface area contributed by atoms with Crippen LogP contribution < -0.4 is 5.32 Å². The second-order valence-corrected chi connectivity index (χ2v) is 6.75. The third-order valence-corrected chi connectivity index (χ3v) is 4.60. The fourth-order valence-corrected chi connectivity index (χ4v) is 3.01. The van der Waals surface area contributed by atoms with Crippen molar-refractivity contribution in [2.45, 2.75) is 40.3 Å². The summed E-state index contributed by atoms with van der Waals surface area (Å²) < 4.78 is 16.3. The van der Waals surface area contributed by atoms with Gasteiger partial charge in [-0.2, -0.15) is 9.78 Å². The van der Waals surface area contributed by atoms with Crippen LogP contribution in [0.2, 0.25) is 0 Å². The Morgan fingerprint density at radius 2 is 1.86 bits per heavy atom. The van der Waals surface area contributed by atoms with E-state index < -0.39 is 4.92 Å². The molecule has 0 aliphatic carbocycles. The van der Waals surface area contributed by atoms with Crippen LogP contribution in [0.15, 0.2) is 30.3 Å². The van der Waals surface area contributed by atoms with Gasteiger partial charge in [-0.15, -0.1) is 0 Å². The van der Waals surface area contributed by atoms with Crippen LogP contribution in [0.4, 0.5) is 15.9 Å². The lowest BCUT2D eigenvalue weighted by Gasteiger charge is -2.07. The number of anilines is 1. The topological polar surface area (TPSA) is 108 Å². The Labute approximate surface area is 166 Å². The zero-order chi connectivity index (χ0) is 21.1. The van der Waals surface area contributed by atoms with Crippen LogP contribution in [-0.2, 0) is 17.9 Å². The van der Waals surface area contributed by atoms with Gasteiger partial charge in [-0.05, 0) is 43.4 Å². The van der Waals surface area contributed by atoms with E-state index in [1.807, 2.05) is 6.92 Å². The highest BCUT2D eigenvalue weighted by Gasteiger charge is 2.18. The van der Waals surface area contributed by atoms with E-state index in [-0.39, 0.29) is 30.5 Å². The third kappa shape index (κ3) is 4.65. The molecule has 29 heavy (non-hydrogen) atoms. The first kappa shape index (κ1) is 20.2. The predicted octanol–water partition coefficient (Wildman–Crippen LogP) is 3.13. The Hall–Kier alpha value is -3.56. The summed E-state index contributed by atoms with van der Waals surface area (Å²) in [6.07, 6.45) is 0.113. The van der Waals surface area contributed by atoms with Crippen molar-refractivity contribution in [2.75, 3.05) is 5.32 Å². The van der Waals surface area contributed by atoms with Gasteiger partial charge in [0.15, 0.2) is 0 Å². The van der Waals surface area contributed by atoms with Gasteiger partial charge in [0.2, 0.25) is 5.91 Å². The highest BCUT2D eigenvalue weighted by molar-refractivity contribution is 5.91. The number of nitrogens with zero attached hydrogens (tertiary/aromatic N) is 5. The molecule has 0 atom stereocenters. The van der Waals surface area contributed by atoms with Crippen molar-refractivity contribution in [1.29, 1.82) is 0 Å². The number of benzene rings is 1. The third-order valence-electron chi connectivity index (χ3n) is 4.60. The summed E-state index contributed by atoms with van der Waals surface area (Å²) in [6.45, 7) is 6.03. The van der Waals surface area contributed by atoms with Crippen LogP contribution in [-0.4, -0.2) is 30.4 Å². The molecule has 1 amide bonds. The highest BCUT2D eigenvalue weighted by atomic mass is 19.1. The average Bonchev–Trinajstić information content (AvgIpc) is 3.17. The molecule has 2 heterocycles. The number of carbonyl (C=O) groups excluding carboxylic acids is 1. The van der Waals surface area contributed by atoms with Gasteiger partial charge in [0.25, 0.3) is 0 Å². The van der Waals surface area contributed by atoms with E-state index in [2.05, 4.69) is 15.5 Å². The van der Waals surface area contributed by atoms with Gasteiger partial charge in [-0.25, -0.2) is 4.39 Å². The number of nitrogens with one attached hydrogen (secondary N) is 1. The maximum absolute atomic E-state index is 13.1. The fourth-order valence-electron chi connectivity index (χ4n) is 3.01. The lowest BCUT2D eigenvalue weighted by Crippen LogP contribution is -2.16. The van der Waals surface area contributed by atoms with E-state index in [0.717, 1.165) is 11.3 Å². The van der Waals surface area contributed by atoms with Crippen molar-refractivity contribution in [2.24, 2.45) is 0 Å². The van der Waals surface area contributed by atoms with Crippen molar-refractivity contribution < 1.29 is 14.1 Å². The summed E-state index contributed by atoms with van der Waals surface area (Å²) in [6, 6.07) is 7.54. The van der Waals surface area contributed by atoms with E-state index in [1.165, 1.54) is 22.9 Å². The number of rotatable bonds is 7. The van der Waals surface area contributed by atoms with E-state index in [9.17, 15) is 19.3 Å². The first-order chi connectivity index (χ1) is 13.7. The maximum atomic E-state index is 13.1. The summed E-state index contributed by atoms with van der Waals surface area (Å²) in [5.41, 5.74) is 3.59. The first-order valence-corrected chi connectivity index (χ1v) is 9.01. The summed E-state index contributed by atoms with van der Waals surface area (Å²) in [5, 5.41) is 22.0. The molecule has 0 aliphatic rings. The molecule has 1 N–H and O–H groups in total. The Balaban J connectivity index is 1.65. The van der Waals surface area contributed by atoms with Crippen molar-refractivity contribution in [1.82, 2.24) is 19.6 Å². The molecule has 1 aromatic carbocycles.